The number of nitriles is 1. The van der Waals surface area contributed by atoms with E-state index in [9.17, 15) is 0 Å². The third-order valence-corrected chi connectivity index (χ3v) is 1.61. The first-order valence-electron chi connectivity index (χ1n) is 4.52. The first kappa shape index (κ1) is 10.3. The summed E-state index contributed by atoms with van der Waals surface area (Å²) >= 11 is 0. The number of hydrogen-bond donors (Lipinski definition) is 0. The summed E-state index contributed by atoms with van der Waals surface area (Å²) in [5, 5.41) is 12.3. The summed E-state index contributed by atoms with van der Waals surface area (Å²) in [4.78, 5) is 4.95. The fourth-order valence-electron chi connectivity index (χ4n) is 0.886. The monoisotopic (exact) mass is 188 g/mol. The van der Waals surface area contributed by atoms with Crippen LogP contribution in [0.3, 0.4) is 0 Å². The molecule has 0 spiro atoms. The van der Waals surface area contributed by atoms with Gasteiger partial charge in [-0.3, -0.25) is 0 Å². The Hall–Kier alpha value is -1.82. The number of oxime groups is 1. The van der Waals surface area contributed by atoms with Gasteiger partial charge in [0, 0.05) is 0 Å². The molecule has 0 saturated carbocycles. The summed E-state index contributed by atoms with van der Waals surface area (Å²) in [6, 6.07) is 9.22. The highest BCUT2D eigenvalue weighted by Gasteiger charge is 1.89. The molecule has 0 atom stereocenters. The maximum absolute atomic E-state index is 8.57. The molecular formula is C11H12N2O. The van der Waals surface area contributed by atoms with E-state index in [0.717, 1.165) is 12.0 Å². The van der Waals surface area contributed by atoms with E-state index in [1.165, 1.54) is 0 Å². The van der Waals surface area contributed by atoms with Crippen molar-refractivity contribution in [3.8, 4) is 6.07 Å². The Morgan fingerprint density at radius 2 is 2.14 bits per heavy atom. The van der Waals surface area contributed by atoms with Gasteiger partial charge in [-0.1, -0.05) is 24.2 Å². The van der Waals surface area contributed by atoms with Crippen LogP contribution < -0.4 is 0 Å². The highest BCUT2D eigenvalue weighted by molar-refractivity contribution is 5.79. The second-order valence-corrected chi connectivity index (χ2v) is 2.80. The second-order valence-electron chi connectivity index (χ2n) is 2.80. The van der Waals surface area contributed by atoms with Gasteiger partial charge in [0.1, 0.15) is 6.61 Å². The van der Waals surface area contributed by atoms with Gasteiger partial charge in [0.25, 0.3) is 0 Å². The number of rotatable bonds is 4. The van der Waals surface area contributed by atoms with Gasteiger partial charge in [-0.2, -0.15) is 5.26 Å². The van der Waals surface area contributed by atoms with Crippen molar-refractivity contribution < 1.29 is 4.84 Å². The van der Waals surface area contributed by atoms with Crippen molar-refractivity contribution in [2.75, 3.05) is 6.61 Å². The predicted molar refractivity (Wildman–Crippen MR) is 55.0 cm³/mol. The quantitative estimate of drug-likeness (QED) is 0.413. The Kier molecular flexibility index (Phi) is 4.22. The zero-order valence-corrected chi connectivity index (χ0v) is 8.10. The molecule has 0 heterocycles. The van der Waals surface area contributed by atoms with Crippen LogP contribution in [-0.4, -0.2) is 12.8 Å². The highest BCUT2D eigenvalue weighted by atomic mass is 16.6. The molecule has 14 heavy (non-hydrogen) atoms. The Labute approximate surface area is 83.6 Å². The molecule has 3 heteroatoms. The smallest absolute Gasteiger partial charge is 0.116 e. The van der Waals surface area contributed by atoms with Gasteiger partial charge >= 0.3 is 0 Å². The van der Waals surface area contributed by atoms with Crippen LogP contribution >= 0.6 is 0 Å². The zero-order chi connectivity index (χ0) is 10.2. The standard InChI is InChI=1S/C11H12N2O/c1-2-7-14-13-9-11-5-3-10(8-12)4-6-11/h3-6,9H,2,7H2,1H3. The lowest BCUT2D eigenvalue weighted by atomic mass is 10.2. The van der Waals surface area contributed by atoms with Crippen LogP contribution in [0.5, 0.6) is 0 Å². The van der Waals surface area contributed by atoms with Crippen molar-refractivity contribution >= 4 is 6.21 Å². The van der Waals surface area contributed by atoms with E-state index in [4.69, 9.17) is 10.1 Å². The lowest BCUT2D eigenvalue weighted by molar-refractivity contribution is 0.146. The van der Waals surface area contributed by atoms with Gasteiger partial charge in [0.15, 0.2) is 0 Å². The largest absolute Gasteiger partial charge is 0.396 e. The molecule has 0 bridgehead atoms. The van der Waals surface area contributed by atoms with E-state index in [-0.39, 0.29) is 0 Å². The lowest BCUT2D eigenvalue weighted by Crippen LogP contribution is -1.86. The second kappa shape index (κ2) is 5.76. The van der Waals surface area contributed by atoms with Crippen LogP contribution in [0.15, 0.2) is 29.4 Å². The van der Waals surface area contributed by atoms with Crippen molar-refractivity contribution in [3.63, 3.8) is 0 Å². The minimum absolute atomic E-state index is 0.632. The molecular weight excluding hydrogens is 176 g/mol. The molecule has 1 rings (SSSR count). The highest BCUT2D eigenvalue weighted by Crippen LogP contribution is 2.00. The SMILES string of the molecule is CCCON=Cc1ccc(C#N)cc1. The van der Waals surface area contributed by atoms with E-state index in [1.54, 1.807) is 18.3 Å². The first-order valence-corrected chi connectivity index (χ1v) is 4.52. The molecule has 72 valence electrons. The van der Waals surface area contributed by atoms with Crippen LogP contribution in [0.25, 0.3) is 0 Å². The van der Waals surface area contributed by atoms with Crippen molar-refractivity contribution in [1.82, 2.24) is 0 Å². The summed E-state index contributed by atoms with van der Waals surface area (Å²) in [6.07, 6.45) is 2.58. The van der Waals surface area contributed by atoms with Crippen molar-refractivity contribution in [3.05, 3.63) is 35.4 Å². The molecule has 0 aliphatic carbocycles. The van der Waals surface area contributed by atoms with E-state index < -0.39 is 0 Å². The van der Waals surface area contributed by atoms with E-state index in [1.807, 2.05) is 19.1 Å². The topological polar surface area (TPSA) is 45.4 Å². The number of benzene rings is 1. The Morgan fingerprint density at radius 3 is 2.71 bits per heavy atom. The zero-order valence-electron chi connectivity index (χ0n) is 8.10. The maximum Gasteiger partial charge on any atom is 0.116 e. The molecule has 0 radical (unpaired) electrons. The molecule has 0 aliphatic rings. The third-order valence-electron chi connectivity index (χ3n) is 1.61. The van der Waals surface area contributed by atoms with Crippen molar-refractivity contribution in [2.45, 2.75) is 13.3 Å². The minimum atomic E-state index is 0.632. The van der Waals surface area contributed by atoms with Gasteiger partial charge < -0.3 is 4.84 Å². The van der Waals surface area contributed by atoms with Crippen LogP contribution in [0.2, 0.25) is 0 Å². The average molecular weight is 188 g/mol. The molecule has 1 aromatic rings. The van der Waals surface area contributed by atoms with Crippen LogP contribution in [0, 0.1) is 11.3 Å². The van der Waals surface area contributed by atoms with E-state index in [0.29, 0.717) is 12.2 Å². The minimum Gasteiger partial charge on any atom is -0.396 e. The normalized spacial score (nSPS) is 10.0. The lowest BCUT2D eigenvalue weighted by Gasteiger charge is -1.94. The molecule has 0 fully saturated rings. The van der Waals surface area contributed by atoms with Crippen molar-refractivity contribution in [2.24, 2.45) is 5.16 Å². The molecule has 0 amide bonds. The molecule has 0 N–H and O–H groups in total. The third kappa shape index (κ3) is 3.28. The van der Waals surface area contributed by atoms with Crippen LogP contribution in [0.4, 0.5) is 0 Å². The van der Waals surface area contributed by atoms with Crippen molar-refractivity contribution in [1.29, 1.82) is 5.26 Å². The fourth-order valence-corrected chi connectivity index (χ4v) is 0.886. The Bertz CT molecular complexity index is 335. The maximum atomic E-state index is 8.57. The molecule has 1 aromatic carbocycles. The summed E-state index contributed by atoms with van der Waals surface area (Å²) in [6.45, 7) is 2.66. The first-order chi connectivity index (χ1) is 6.86. The van der Waals surface area contributed by atoms with Gasteiger partial charge in [0.2, 0.25) is 0 Å². The van der Waals surface area contributed by atoms with E-state index in [2.05, 4.69) is 11.2 Å². The van der Waals surface area contributed by atoms with Crippen LogP contribution in [-0.2, 0) is 4.84 Å². The van der Waals surface area contributed by atoms with Crippen LogP contribution in [0.1, 0.15) is 24.5 Å². The molecule has 0 aliphatic heterocycles. The Balaban J connectivity index is 2.52. The molecule has 0 unspecified atom stereocenters. The van der Waals surface area contributed by atoms with Gasteiger partial charge in [-0.05, 0) is 24.1 Å². The van der Waals surface area contributed by atoms with Gasteiger partial charge in [0.05, 0.1) is 17.8 Å². The predicted octanol–water partition coefficient (Wildman–Crippen LogP) is 2.32. The average Bonchev–Trinajstić information content (AvgIpc) is 2.25. The van der Waals surface area contributed by atoms with Gasteiger partial charge in [-0.25, -0.2) is 0 Å². The van der Waals surface area contributed by atoms with Gasteiger partial charge in [-0.15, -0.1) is 0 Å². The summed E-state index contributed by atoms with van der Waals surface area (Å²) in [7, 11) is 0. The van der Waals surface area contributed by atoms with E-state index >= 15 is 0 Å². The number of nitrogens with zero attached hydrogens (tertiary/aromatic N) is 2. The number of hydrogen-bond acceptors (Lipinski definition) is 3. The molecule has 3 nitrogen and oxygen atoms in total. The molecule has 0 saturated heterocycles. The summed E-state index contributed by atoms with van der Waals surface area (Å²) < 4.78 is 0. The fraction of sp³-hybridized carbons (Fsp3) is 0.273. The summed E-state index contributed by atoms with van der Waals surface area (Å²) in [5.41, 5.74) is 1.58. The summed E-state index contributed by atoms with van der Waals surface area (Å²) in [5.74, 6) is 0. The molecule has 0 aromatic heterocycles. The Morgan fingerprint density at radius 1 is 1.43 bits per heavy atom.